The molecule has 1 aliphatic heterocycles. The zero-order valence-electron chi connectivity index (χ0n) is 11.9. The summed E-state index contributed by atoms with van der Waals surface area (Å²) >= 11 is 0. The van der Waals surface area contributed by atoms with Crippen LogP contribution >= 0.6 is 0 Å². The molecular formula is C13H23NO4S2. The van der Waals surface area contributed by atoms with Crippen LogP contribution in [0.5, 0.6) is 0 Å². The van der Waals surface area contributed by atoms with Crippen LogP contribution in [-0.4, -0.2) is 51.0 Å². The predicted molar refractivity (Wildman–Crippen MR) is 77.6 cm³/mol. The van der Waals surface area contributed by atoms with Crippen LogP contribution < -0.4 is 0 Å². The van der Waals surface area contributed by atoms with E-state index in [0.717, 1.165) is 25.7 Å². The van der Waals surface area contributed by atoms with Crippen molar-refractivity contribution in [2.45, 2.75) is 49.8 Å². The third-order valence-electron chi connectivity index (χ3n) is 4.95. The maximum Gasteiger partial charge on any atom is 0.217 e. The SMILES string of the molecule is CN(C(C1CC1)C1CC1)S(=O)(=O)C1CCS(=O)(=O)CC1. The van der Waals surface area contributed by atoms with Crippen molar-refractivity contribution < 1.29 is 16.8 Å². The van der Waals surface area contributed by atoms with Gasteiger partial charge >= 0.3 is 0 Å². The molecule has 0 radical (unpaired) electrons. The van der Waals surface area contributed by atoms with Gasteiger partial charge in [0, 0.05) is 13.1 Å². The van der Waals surface area contributed by atoms with Crippen LogP contribution in [0.3, 0.4) is 0 Å². The zero-order chi connectivity index (χ0) is 14.5. The molecule has 5 nitrogen and oxygen atoms in total. The average Bonchev–Trinajstić information content (AvgIpc) is 3.23. The Labute approximate surface area is 121 Å². The van der Waals surface area contributed by atoms with Gasteiger partial charge < -0.3 is 0 Å². The molecule has 0 aromatic rings. The molecule has 0 aromatic carbocycles. The molecule has 20 heavy (non-hydrogen) atoms. The lowest BCUT2D eigenvalue weighted by molar-refractivity contribution is 0.297. The van der Waals surface area contributed by atoms with Crippen LogP contribution in [0.2, 0.25) is 0 Å². The first kappa shape index (κ1) is 14.8. The van der Waals surface area contributed by atoms with Crippen molar-refractivity contribution in [2.75, 3.05) is 18.6 Å². The molecule has 1 heterocycles. The van der Waals surface area contributed by atoms with E-state index in [2.05, 4.69) is 0 Å². The summed E-state index contributed by atoms with van der Waals surface area (Å²) in [6, 6.07) is 0.165. The summed E-state index contributed by atoms with van der Waals surface area (Å²) in [5.74, 6) is 1.11. The van der Waals surface area contributed by atoms with Gasteiger partial charge in [-0.05, 0) is 50.4 Å². The molecule has 0 aromatic heterocycles. The Morgan fingerprint density at radius 2 is 1.40 bits per heavy atom. The molecule has 3 fully saturated rings. The summed E-state index contributed by atoms with van der Waals surface area (Å²) < 4.78 is 50.0. The number of hydrogen-bond donors (Lipinski definition) is 0. The maximum atomic E-state index is 12.7. The second-order valence-corrected chi connectivity index (χ2v) is 11.2. The maximum absolute atomic E-state index is 12.7. The summed E-state index contributed by atoms with van der Waals surface area (Å²) in [6.07, 6.45) is 5.08. The Morgan fingerprint density at radius 3 is 1.80 bits per heavy atom. The van der Waals surface area contributed by atoms with Crippen molar-refractivity contribution in [3.05, 3.63) is 0 Å². The number of rotatable bonds is 5. The molecule has 0 bridgehead atoms. The first-order valence-electron chi connectivity index (χ1n) is 7.48. The highest BCUT2D eigenvalue weighted by Crippen LogP contribution is 2.48. The van der Waals surface area contributed by atoms with Gasteiger partial charge in [-0.15, -0.1) is 0 Å². The predicted octanol–water partition coefficient (Wildman–Crippen LogP) is 1.01. The second kappa shape index (κ2) is 4.95. The summed E-state index contributed by atoms with van der Waals surface area (Å²) in [5.41, 5.74) is 0. The van der Waals surface area contributed by atoms with Crippen LogP contribution in [0.4, 0.5) is 0 Å². The Hall–Kier alpha value is -0.140. The molecule has 0 atom stereocenters. The molecule has 3 rings (SSSR count). The van der Waals surface area contributed by atoms with Crippen LogP contribution in [-0.2, 0) is 19.9 Å². The fourth-order valence-corrected chi connectivity index (χ4v) is 7.20. The Kier molecular flexibility index (Phi) is 3.66. The highest BCUT2D eigenvalue weighted by molar-refractivity contribution is 7.92. The van der Waals surface area contributed by atoms with Crippen molar-refractivity contribution in [3.8, 4) is 0 Å². The van der Waals surface area contributed by atoms with Gasteiger partial charge in [0.1, 0.15) is 9.84 Å². The van der Waals surface area contributed by atoms with Crippen LogP contribution in [0, 0.1) is 11.8 Å². The molecule has 1 saturated heterocycles. The summed E-state index contributed by atoms with van der Waals surface area (Å²) in [7, 11) is -4.66. The van der Waals surface area contributed by atoms with E-state index in [9.17, 15) is 16.8 Å². The molecule has 7 heteroatoms. The van der Waals surface area contributed by atoms with Gasteiger partial charge in [0.25, 0.3) is 0 Å². The molecule has 3 aliphatic rings. The van der Waals surface area contributed by atoms with Gasteiger partial charge in [-0.3, -0.25) is 0 Å². The quantitative estimate of drug-likeness (QED) is 0.758. The zero-order valence-corrected chi connectivity index (χ0v) is 13.5. The fourth-order valence-electron chi connectivity index (χ4n) is 3.43. The highest BCUT2D eigenvalue weighted by atomic mass is 32.2. The van der Waals surface area contributed by atoms with E-state index >= 15 is 0 Å². The van der Waals surface area contributed by atoms with Crippen molar-refractivity contribution in [1.29, 1.82) is 0 Å². The Bertz CT molecular complexity index is 549. The van der Waals surface area contributed by atoms with Crippen LogP contribution in [0.1, 0.15) is 38.5 Å². The van der Waals surface area contributed by atoms with Crippen molar-refractivity contribution in [2.24, 2.45) is 11.8 Å². The molecule has 0 unspecified atom stereocenters. The fraction of sp³-hybridized carbons (Fsp3) is 1.00. The molecule has 0 spiro atoms. The standard InChI is InChI=1S/C13H23NO4S2/c1-14(13(10-2-3-10)11-4-5-11)20(17,18)12-6-8-19(15,16)9-7-12/h10-13H,2-9H2,1H3. The van der Waals surface area contributed by atoms with Crippen LogP contribution in [0.15, 0.2) is 0 Å². The Morgan fingerprint density at radius 1 is 0.950 bits per heavy atom. The summed E-state index contributed by atoms with van der Waals surface area (Å²) in [6.45, 7) is 0. The third kappa shape index (κ3) is 2.90. The molecule has 2 saturated carbocycles. The van der Waals surface area contributed by atoms with Gasteiger partial charge in [0.2, 0.25) is 10.0 Å². The molecule has 116 valence electrons. The smallest absolute Gasteiger partial charge is 0.217 e. The normalized spacial score (nSPS) is 28.1. The van der Waals surface area contributed by atoms with Gasteiger partial charge in [0.15, 0.2) is 0 Å². The summed E-state index contributed by atoms with van der Waals surface area (Å²) in [4.78, 5) is 0. The first-order valence-corrected chi connectivity index (χ1v) is 10.8. The second-order valence-electron chi connectivity index (χ2n) is 6.58. The van der Waals surface area contributed by atoms with E-state index in [1.54, 1.807) is 11.4 Å². The van der Waals surface area contributed by atoms with E-state index < -0.39 is 25.1 Å². The highest BCUT2D eigenvalue weighted by Gasteiger charge is 2.48. The van der Waals surface area contributed by atoms with E-state index in [1.807, 2.05) is 0 Å². The largest absolute Gasteiger partial charge is 0.229 e. The first-order chi connectivity index (χ1) is 9.31. The minimum atomic E-state index is -3.35. The van der Waals surface area contributed by atoms with E-state index in [1.165, 1.54) is 0 Å². The van der Waals surface area contributed by atoms with Gasteiger partial charge in [-0.2, -0.15) is 0 Å². The third-order valence-corrected chi connectivity index (χ3v) is 9.03. The lowest BCUT2D eigenvalue weighted by atomic mass is 10.1. The van der Waals surface area contributed by atoms with Crippen molar-refractivity contribution in [1.82, 2.24) is 4.31 Å². The lowest BCUT2D eigenvalue weighted by Crippen LogP contribution is -2.46. The average molecular weight is 321 g/mol. The van der Waals surface area contributed by atoms with E-state index in [-0.39, 0.29) is 30.4 Å². The van der Waals surface area contributed by atoms with Gasteiger partial charge in [0.05, 0.1) is 16.8 Å². The lowest BCUT2D eigenvalue weighted by Gasteiger charge is -2.32. The Balaban J connectivity index is 1.73. The number of sulfonamides is 1. The van der Waals surface area contributed by atoms with E-state index in [4.69, 9.17) is 0 Å². The van der Waals surface area contributed by atoms with Crippen LogP contribution in [0.25, 0.3) is 0 Å². The van der Waals surface area contributed by atoms with Gasteiger partial charge in [-0.25, -0.2) is 21.1 Å². The summed E-state index contributed by atoms with van der Waals surface area (Å²) in [5, 5.41) is -0.504. The number of nitrogens with zero attached hydrogens (tertiary/aromatic N) is 1. The number of hydrogen-bond acceptors (Lipinski definition) is 4. The van der Waals surface area contributed by atoms with E-state index in [0.29, 0.717) is 11.8 Å². The minimum absolute atomic E-state index is 0.0161. The molecular weight excluding hydrogens is 298 g/mol. The monoisotopic (exact) mass is 321 g/mol. The minimum Gasteiger partial charge on any atom is -0.229 e. The van der Waals surface area contributed by atoms with Crippen molar-refractivity contribution >= 4 is 19.9 Å². The van der Waals surface area contributed by atoms with Crippen molar-refractivity contribution in [3.63, 3.8) is 0 Å². The molecule has 2 aliphatic carbocycles. The molecule has 0 amide bonds. The number of sulfone groups is 1. The molecule has 0 N–H and O–H groups in total. The van der Waals surface area contributed by atoms with Gasteiger partial charge in [-0.1, -0.05) is 0 Å². The topological polar surface area (TPSA) is 71.5 Å².